The molecule has 0 aliphatic rings. The van der Waals surface area contributed by atoms with Crippen LogP contribution in [0.3, 0.4) is 0 Å². The number of hydrogen-bond donors (Lipinski definition) is 1. The lowest BCUT2D eigenvalue weighted by Crippen LogP contribution is -2.18. The highest BCUT2D eigenvalue weighted by Crippen LogP contribution is 2.29. The summed E-state index contributed by atoms with van der Waals surface area (Å²) < 4.78 is 2.72. The molecule has 0 fully saturated rings. The van der Waals surface area contributed by atoms with Crippen molar-refractivity contribution in [3.63, 3.8) is 0 Å². The SMILES string of the molecule is CCc1nn2c(C)c(C(=O)Nc3ccccc3)nnc2c1-c1ccc(Br)cc1. The van der Waals surface area contributed by atoms with Crippen molar-refractivity contribution in [1.82, 2.24) is 19.8 Å². The maximum absolute atomic E-state index is 12.7. The van der Waals surface area contributed by atoms with Crippen LogP contribution in [0.1, 0.15) is 28.8 Å². The van der Waals surface area contributed by atoms with Crippen molar-refractivity contribution >= 4 is 33.2 Å². The van der Waals surface area contributed by atoms with E-state index in [0.717, 1.165) is 27.7 Å². The molecule has 2 aromatic carbocycles. The lowest BCUT2D eigenvalue weighted by atomic mass is 10.0. The number of anilines is 1. The Morgan fingerprint density at radius 2 is 1.79 bits per heavy atom. The number of para-hydroxylation sites is 1. The van der Waals surface area contributed by atoms with E-state index >= 15 is 0 Å². The van der Waals surface area contributed by atoms with E-state index < -0.39 is 0 Å². The number of aryl methyl sites for hydroxylation is 2. The Balaban J connectivity index is 1.80. The number of carbonyl (C=O) groups excluding carboxylic acids is 1. The standard InChI is InChI=1S/C21H18BrN5O/c1-3-17-18(14-9-11-15(22)12-10-14)20-25-24-19(13(2)27(20)26-17)21(28)23-16-7-5-4-6-8-16/h4-12H,3H2,1-2H3,(H,23,28). The van der Waals surface area contributed by atoms with Gasteiger partial charge in [-0.3, -0.25) is 4.79 Å². The monoisotopic (exact) mass is 435 g/mol. The minimum atomic E-state index is -0.308. The molecule has 0 saturated heterocycles. The van der Waals surface area contributed by atoms with Crippen LogP contribution in [0, 0.1) is 6.92 Å². The molecule has 4 aromatic rings. The first kappa shape index (κ1) is 18.3. The highest BCUT2D eigenvalue weighted by atomic mass is 79.9. The van der Waals surface area contributed by atoms with Gasteiger partial charge >= 0.3 is 0 Å². The van der Waals surface area contributed by atoms with E-state index in [2.05, 4.69) is 38.4 Å². The predicted molar refractivity (Wildman–Crippen MR) is 112 cm³/mol. The summed E-state index contributed by atoms with van der Waals surface area (Å²) >= 11 is 3.47. The molecule has 1 N–H and O–H groups in total. The van der Waals surface area contributed by atoms with Gasteiger partial charge in [0.05, 0.1) is 17.0 Å². The van der Waals surface area contributed by atoms with Crippen molar-refractivity contribution in [3.8, 4) is 11.1 Å². The van der Waals surface area contributed by atoms with Crippen LogP contribution in [-0.4, -0.2) is 25.7 Å². The van der Waals surface area contributed by atoms with Crippen LogP contribution < -0.4 is 5.32 Å². The molecule has 0 atom stereocenters. The van der Waals surface area contributed by atoms with Gasteiger partial charge in [-0.15, -0.1) is 10.2 Å². The Kier molecular flexibility index (Phi) is 4.92. The molecule has 0 aliphatic heterocycles. The zero-order chi connectivity index (χ0) is 19.7. The van der Waals surface area contributed by atoms with Crippen LogP contribution in [0.5, 0.6) is 0 Å². The third kappa shape index (κ3) is 3.29. The van der Waals surface area contributed by atoms with Crippen LogP contribution in [0.4, 0.5) is 5.69 Å². The van der Waals surface area contributed by atoms with E-state index in [4.69, 9.17) is 5.10 Å². The second kappa shape index (κ2) is 7.52. The summed E-state index contributed by atoms with van der Waals surface area (Å²) in [6, 6.07) is 17.3. The summed E-state index contributed by atoms with van der Waals surface area (Å²) in [5.41, 5.74) is 5.14. The number of amides is 1. The Morgan fingerprint density at radius 1 is 1.07 bits per heavy atom. The average Bonchev–Trinajstić information content (AvgIpc) is 3.09. The number of carbonyl (C=O) groups is 1. The van der Waals surface area contributed by atoms with Crippen LogP contribution in [0.2, 0.25) is 0 Å². The van der Waals surface area contributed by atoms with E-state index in [1.807, 2.05) is 61.5 Å². The van der Waals surface area contributed by atoms with Gasteiger partial charge in [-0.1, -0.05) is 53.2 Å². The Morgan fingerprint density at radius 3 is 2.46 bits per heavy atom. The fourth-order valence-electron chi connectivity index (χ4n) is 3.13. The zero-order valence-electron chi connectivity index (χ0n) is 15.5. The summed E-state index contributed by atoms with van der Waals surface area (Å²) in [6.07, 6.45) is 0.750. The molecule has 0 spiro atoms. The highest BCUT2D eigenvalue weighted by molar-refractivity contribution is 9.10. The van der Waals surface area contributed by atoms with Crippen LogP contribution >= 0.6 is 15.9 Å². The topological polar surface area (TPSA) is 72.2 Å². The maximum atomic E-state index is 12.7. The number of nitrogens with zero attached hydrogens (tertiary/aromatic N) is 4. The molecule has 0 radical (unpaired) electrons. The van der Waals surface area contributed by atoms with Gasteiger partial charge in [-0.2, -0.15) is 5.10 Å². The molecule has 28 heavy (non-hydrogen) atoms. The van der Waals surface area contributed by atoms with Crippen molar-refractivity contribution in [3.05, 3.63) is 76.2 Å². The summed E-state index contributed by atoms with van der Waals surface area (Å²) in [4.78, 5) is 12.7. The molecule has 0 aliphatic carbocycles. The third-order valence-electron chi connectivity index (χ3n) is 4.55. The molecule has 4 rings (SSSR count). The normalized spacial score (nSPS) is 11.0. The van der Waals surface area contributed by atoms with E-state index in [0.29, 0.717) is 17.0 Å². The van der Waals surface area contributed by atoms with Gasteiger partial charge in [0, 0.05) is 10.2 Å². The first-order valence-corrected chi connectivity index (χ1v) is 9.75. The molecule has 2 aromatic heterocycles. The number of fused-ring (bicyclic) bond motifs is 1. The first-order valence-electron chi connectivity index (χ1n) is 8.95. The summed E-state index contributed by atoms with van der Waals surface area (Å²) in [5.74, 6) is -0.308. The van der Waals surface area contributed by atoms with E-state index in [-0.39, 0.29) is 11.6 Å². The van der Waals surface area contributed by atoms with Gasteiger partial charge in [0.15, 0.2) is 11.3 Å². The van der Waals surface area contributed by atoms with Gasteiger partial charge in [0.2, 0.25) is 0 Å². The largest absolute Gasteiger partial charge is 0.321 e. The summed E-state index contributed by atoms with van der Waals surface area (Å²) in [6.45, 7) is 3.88. The van der Waals surface area contributed by atoms with Gasteiger partial charge < -0.3 is 5.32 Å². The quantitative estimate of drug-likeness (QED) is 0.505. The molecule has 1 amide bonds. The second-order valence-corrected chi connectivity index (χ2v) is 7.29. The molecule has 7 heteroatoms. The minimum Gasteiger partial charge on any atom is -0.321 e. The van der Waals surface area contributed by atoms with Crippen LogP contribution in [-0.2, 0) is 6.42 Å². The van der Waals surface area contributed by atoms with Crippen molar-refractivity contribution in [2.75, 3.05) is 5.32 Å². The number of halogens is 1. The van der Waals surface area contributed by atoms with Gasteiger partial charge in [0.1, 0.15) is 0 Å². The molecular formula is C21H18BrN5O. The summed E-state index contributed by atoms with van der Waals surface area (Å²) in [5, 5.41) is 16.1. The van der Waals surface area contributed by atoms with Crippen LogP contribution in [0.25, 0.3) is 16.8 Å². The molecule has 2 heterocycles. The Hall–Kier alpha value is -3.06. The van der Waals surface area contributed by atoms with E-state index in [1.54, 1.807) is 4.52 Å². The smallest absolute Gasteiger partial charge is 0.278 e. The van der Waals surface area contributed by atoms with Crippen LogP contribution in [0.15, 0.2) is 59.1 Å². The highest BCUT2D eigenvalue weighted by Gasteiger charge is 2.21. The van der Waals surface area contributed by atoms with E-state index in [9.17, 15) is 4.79 Å². The fraction of sp³-hybridized carbons (Fsp3) is 0.143. The van der Waals surface area contributed by atoms with Crippen molar-refractivity contribution in [2.24, 2.45) is 0 Å². The summed E-state index contributed by atoms with van der Waals surface area (Å²) in [7, 11) is 0. The maximum Gasteiger partial charge on any atom is 0.278 e. The number of benzene rings is 2. The first-order chi connectivity index (χ1) is 13.6. The van der Waals surface area contributed by atoms with Crippen molar-refractivity contribution < 1.29 is 4.79 Å². The lowest BCUT2D eigenvalue weighted by Gasteiger charge is -2.07. The predicted octanol–water partition coefficient (Wildman–Crippen LogP) is 4.68. The third-order valence-corrected chi connectivity index (χ3v) is 5.08. The molecular weight excluding hydrogens is 418 g/mol. The van der Waals surface area contributed by atoms with Gasteiger partial charge in [-0.05, 0) is 43.2 Å². The molecule has 0 bridgehead atoms. The number of rotatable bonds is 4. The zero-order valence-corrected chi connectivity index (χ0v) is 17.1. The molecule has 6 nitrogen and oxygen atoms in total. The lowest BCUT2D eigenvalue weighted by molar-refractivity contribution is 0.102. The number of aromatic nitrogens is 4. The molecule has 140 valence electrons. The Labute approximate surface area is 170 Å². The average molecular weight is 436 g/mol. The second-order valence-electron chi connectivity index (χ2n) is 6.37. The van der Waals surface area contributed by atoms with Crippen molar-refractivity contribution in [2.45, 2.75) is 20.3 Å². The van der Waals surface area contributed by atoms with Gasteiger partial charge in [-0.25, -0.2) is 4.52 Å². The number of nitrogens with one attached hydrogen (secondary N) is 1. The Bertz CT molecular complexity index is 1150. The minimum absolute atomic E-state index is 0.254. The van der Waals surface area contributed by atoms with Crippen molar-refractivity contribution in [1.29, 1.82) is 0 Å². The molecule has 0 saturated carbocycles. The fourth-order valence-corrected chi connectivity index (χ4v) is 3.39. The number of hydrogen-bond acceptors (Lipinski definition) is 4. The molecule has 0 unspecified atom stereocenters. The van der Waals surface area contributed by atoms with Gasteiger partial charge in [0.25, 0.3) is 5.91 Å². The van der Waals surface area contributed by atoms with E-state index in [1.165, 1.54) is 0 Å².